The van der Waals surface area contributed by atoms with E-state index in [1.807, 2.05) is 0 Å². The summed E-state index contributed by atoms with van der Waals surface area (Å²) in [5.41, 5.74) is 0.236. The summed E-state index contributed by atoms with van der Waals surface area (Å²) in [6.45, 7) is 2.63. The normalized spacial score (nSPS) is 10.0. The van der Waals surface area contributed by atoms with Gasteiger partial charge in [-0.05, 0) is 6.42 Å². The lowest BCUT2D eigenvalue weighted by Gasteiger charge is -2.12. The first-order valence-corrected chi connectivity index (χ1v) is 5.86. The van der Waals surface area contributed by atoms with Crippen LogP contribution >= 0.6 is 0 Å². The van der Waals surface area contributed by atoms with Gasteiger partial charge in [0.05, 0.1) is 13.7 Å². The molecular weight excluding hydrogens is 234 g/mol. The molecule has 0 atom stereocenters. The standard InChI is InChI=1S/C12H19N3O3/c1-5-6-7-18-11-10(17-4)8-9(13-14-11)12(16)15(2)3/h8H,5-7H2,1-4H3. The second kappa shape index (κ2) is 6.78. The minimum Gasteiger partial charge on any atom is -0.491 e. The first-order valence-electron chi connectivity index (χ1n) is 5.86. The van der Waals surface area contributed by atoms with E-state index in [0.717, 1.165) is 12.8 Å². The van der Waals surface area contributed by atoms with Crippen LogP contribution in [0, 0.1) is 0 Å². The molecule has 6 heteroatoms. The molecule has 0 aliphatic rings. The molecule has 1 amide bonds. The highest BCUT2D eigenvalue weighted by atomic mass is 16.5. The number of amides is 1. The van der Waals surface area contributed by atoms with Gasteiger partial charge in [-0.1, -0.05) is 13.3 Å². The Hall–Kier alpha value is -1.85. The van der Waals surface area contributed by atoms with Crippen molar-refractivity contribution in [2.75, 3.05) is 27.8 Å². The maximum Gasteiger partial charge on any atom is 0.276 e. The smallest absolute Gasteiger partial charge is 0.276 e. The summed E-state index contributed by atoms with van der Waals surface area (Å²) >= 11 is 0. The molecule has 1 heterocycles. The predicted octanol–water partition coefficient (Wildman–Crippen LogP) is 1.37. The molecule has 0 saturated carbocycles. The van der Waals surface area contributed by atoms with Crippen molar-refractivity contribution in [3.05, 3.63) is 11.8 Å². The summed E-state index contributed by atoms with van der Waals surface area (Å²) in [7, 11) is 4.82. The van der Waals surface area contributed by atoms with Crippen molar-refractivity contribution in [2.45, 2.75) is 19.8 Å². The lowest BCUT2D eigenvalue weighted by Crippen LogP contribution is -2.23. The molecule has 0 unspecified atom stereocenters. The summed E-state index contributed by atoms with van der Waals surface area (Å²) in [5.74, 6) is 0.522. The van der Waals surface area contributed by atoms with Crippen LogP contribution in [-0.2, 0) is 0 Å². The molecule has 0 fully saturated rings. The Morgan fingerprint density at radius 2 is 2.11 bits per heavy atom. The molecule has 6 nitrogen and oxygen atoms in total. The monoisotopic (exact) mass is 253 g/mol. The number of carbonyl (C=O) groups excluding carboxylic acids is 1. The van der Waals surface area contributed by atoms with E-state index in [1.165, 1.54) is 18.1 Å². The van der Waals surface area contributed by atoms with Crippen LogP contribution in [0.25, 0.3) is 0 Å². The number of hydrogen-bond donors (Lipinski definition) is 0. The number of nitrogens with zero attached hydrogens (tertiary/aromatic N) is 3. The molecule has 0 spiro atoms. The number of rotatable bonds is 6. The Morgan fingerprint density at radius 3 is 2.67 bits per heavy atom. The van der Waals surface area contributed by atoms with Gasteiger partial charge in [-0.3, -0.25) is 4.79 Å². The van der Waals surface area contributed by atoms with Gasteiger partial charge >= 0.3 is 0 Å². The lowest BCUT2D eigenvalue weighted by molar-refractivity contribution is 0.0820. The molecule has 0 saturated heterocycles. The lowest BCUT2D eigenvalue weighted by atomic mass is 10.3. The summed E-state index contributed by atoms with van der Waals surface area (Å²) in [4.78, 5) is 13.1. The van der Waals surface area contributed by atoms with Crippen LogP contribution in [0.2, 0.25) is 0 Å². The van der Waals surface area contributed by atoms with Crippen molar-refractivity contribution in [2.24, 2.45) is 0 Å². The third-order valence-corrected chi connectivity index (χ3v) is 2.31. The van der Waals surface area contributed by atoms with Crippen molar-refractivity contribution in [1.82, 2.24) is 15.1 Å². The van der Waals surface area contributed by atoms with Gasteiger partial charge in [-0.15, -0.1) is 10.2 Å². The second-order valence-electron chi connectivity index (χ2n) is 4.00. The van der Waals surface area contributed by atoms with E-state index in [0.29, 0.717) is 18.2 Å². The van der Waals surface area contributed by atoms with Crippen molar-refractivity contribution in [3.8, 4) is 11.6 Å². The average molecular weight is 253 g/mol. The largest absolute Gasteiger partial charge is 0.491 e. The van der Waals surface area contributed by atoms with Crippen LogP contribution in [0.5, 0.6) is 11.6 Å². The fraction of sp³-hybridized carbons (Fsp3) is 0.583. The fourth-order valence-electron chi connectivity index (χ4n) is 1.26. The molecule has 0 radical (unpaired) electrons. The van der Waals surface area contributed by atoms with Crippen LogP contribution < -0.4 is 9.47 Å². The van der Waals surface area contributed by atoms with Crippen molar-refractivity contribution >= 4 is 5.91 Å². The van der Waals surface area contributed by atoms with Crippen LogP contribution in [0.3, 0.4) is 0 Å². The SMILES string of the molecule is CCCCOc1nnc(C(=O)N(C)C)cc1OC. The van der Waals surface area contributed by atoms with Gasteiger partial charge in [0, 0.05) is 20.2 Å². The molecule has 1 rings (SSSR count). The zero-order valence-electron chi connectivity index (χ0n) is 11.3. The van der Waals surface area contributed by atoms with Crippen molar-refractivity contribution in [3.63, 3.8) is 0 Å². The van der Waals surface area contributed by atoms with E-state index in [4.69, 9.17) is 9.47 Å². The minimum atomic E-state index is -0.221. The highest BCUT2D eigenvalue weighted by Crippen LogP contribution is 2.24. The third kappa shape index (κ3) is 3.58. The Morgan fingerprint density at radius 1 is 1.39 bits per heavy atom. The number of hydrogen-bond acceptors (Lipinski definition) is 5. The van der Waals surface area contributed by atoms with Gasteiger partial charge in [-0.2, -0.15) is 0 Å². The first-order chi connectivity index (χ1) is 8.60. The zero-order valence-corrected chi connectivity index (χ0v) is 11.3. The van der Waals surface area contributed by atoms with Crippen LogP contribution in [0.15, 0.2) is 6.07 Å². The van der Waals surface area contributed by atoms with Gasteiger partial charge in [0.25, 0.3) is 11.8 Å². The average Bonchev–Trinajstić information content (AvgIpc) is 2.38. The maximum absolute atomic E-state index is 11.7. The molecule has 1 aromatic heterocycles. The highest BCUT2D eigenvalue weighted by Gasteiger charge is 2.15. The summed E-state index contributed by atoms with van der Waals surface area (Å²) in [5, 5.41) is 7.72. The van der Waals surface area contributed by atoms with Crippen LogP contribution in [-0.4, -0.2) is 48.8 Å². The molecule has 100 valence electrons. The van der Waals surface area contributed by atoms with Gasteiger partial charge < -0.3 is 14.4 Å². The Kier molecular flexibility index (Phi) is 5.35. The van der Waals surface area contributed by atoms with Crippen LogP contribution in [0.4, 0.5) is 0 Å². The van der Waals surface area contributed by atoms with Crippen molar-refractivity contribution < 1.29 is 14.3 Å². The Labute approximate surface area is 107 Å². The first kappa shape index (κ1) is 14.2. The van der Waals surface area contributed by atoms with Gasteiger partial charge in [0.1, 0.15) is 0 Å². The minimum absolute atomic E-state index is 0.221. The topological polar surface area (TPSA) is 64.6 Å². The zero-order chi connectivity index (χ0) is 13.5. The summed E-state index contributed by atoms with van der Waals surface area (Å²) in [6, 6.07) is 1.54. The van der Waals surface area contributed by atoms with Crippen molar-refractivity contribution in [1.29, 1.82) is 0 Å². The molecule has 0 N–H and O–H groups in total. The number of aromatic nitrogens is 2. The van der Waals surface area contributed by atoms with E-state index in [-0.39, 0.29) is 11.6 Å². The van der Waals surface area contributed by atoms with Gasteiger partial charge in [-0.25, -0.2) is 0 Å². The second-order valence-corrected chi connectivity index (χ2v) is 4.00. The molecule has 0 aliphatic carbocycles. The van der Waals surface area contributed by atoms with E-state index < -0.39 is 0 Å². The quantitative estimate of drug-likeness (QED) is 0.716. The molecular formula is C12H19N3O3. The van der Waals surface area contributed by atoms with Crippen LogP contribution in [0.1, 0.15) is 30.3 Å². The molecule has 1 aromatic rings. The number of methoxy groups -OCH3 is 1. The van der Waals surface area contributed by atoms with E-state index in [2.05, 4.69) is 17.1 Å². The third-order valence-electron chi connectivity index (χ3n) is 2.31. The molecule has 0 aliphatic heterocycles. The van der Waals surface area contributed by atoms with Gasteiger partial charge in [0.15, 0.2) is 11.4 Å². The number of carbonyl (C=O) groups is 1. The van der Waals surface area contributed by atoms with Gasteiger partial charge in [0.2, 0.25) is 0 Å². The Bertz CT molecular complexity index is 408. The maximum atomic E-state index is 11.7. The molecule has 18 heavy (non-hydrogen) atoms. The predicted molar refractivity (Wildman–Crippen MR) is 67.0 cm³/mol. The van der Waals surface area contributed by atoms with E-state index in [9.17, 15) is 4.79 Å². The molecule has 0 bridgehead atoms. The fourth-order valence-corrected chi connectivity index (χ4v) is 1.26. The number of unbranched alkanes of at least 4 members (excludes halogenated alkanes) is 1. The van der Waals surface area contributed by atoms with E-state index in [1.54, 1.807) is 14.1 Å². The number of ether oxygens (including phenoxy) is 2. The summed E-state index contributed by atoms with van der Waals surface area (Å²) < 4.78 is 10.6. The Balaban J connectivity index is 2.86. The van der Waals surface area contributed by atoms with E-state index >= 15 is 0 Å². The summed E-state index contributed by atoms with van der Waals surface area (Å²) in [6.07, 6.45) is 1.97. The highest BCUT2D eigenvalue weighted by molar-refractivity contribution is 5.92. The molecule has 0 aromatic carbocycles.